The number of carbonyl (C=O) groups excluding carboxylic acids is 1. The Morgan fingerprint density at radius 3 is 2.14 bits per heavy atom. The minimum absolute atomic E-state index is 0.329. The van der Waals surface area contributed by atoms with Crippen LogP contribution in [0.4, 0.5) is 0 Å². The molecule has 0 amide bonds. The Balaban J connectivity index is 1.79. The molecule has 2 aromatic carbocycles. The molecule has 0 aliphatic carbocycles. The second-order valence-electron chi connectivity index (χ2n) is 6.43. The first kappa shape index (κ1) is 21.9. The smallest absolute Gasteiger partial charge is 0.320 e. The summed E-state index contributed by atoms with van der Waals surface area (Å²) in [6.45, 7) is 0. The summed E-state index contributed by atoms with van der Waals surface area (Å²) in [6, 6.07) is 14.8. The normalized spacial score (nSPS) is 13.2. The highest BCUT2D eigenvalue weighted by molar-refractivity contribution is 9.09. The topological polar surface area (TPSA) is 76.5 Å². The summed E-state index contributed by atoms with van der Waals surface area (Å²) in [6.07, 6.45) is 1.06. The molecule has 0 aliphatic heterocycles. The average Bonchev–Trinajstić information content (AvgIpc) is 3.12. The second-order valence-corrected chi connectivity index (χ2v) is 9.01. The molecule has 0 saturated carbocycles. The van der Waals surface area contributed by atoms with Crippen molar-refractivity contribution >= 4 is 65.4 Å². The van der Waals surface area contributed by atoms with Gasteiger partial charge in [0.05, 0.1) is 22.1 Å². The number of halogens is 2. The number of carboxylic acids is 1. The predicted molar refractivity (Wildman–Crippen MR) is 122 cm³/mol. The van der Waals surface area contributed by atoms with Gasteiger partial charge in [0.1, 0.15) is 0 Å². The lowest BCUT2D eigenvalue weighted by Gasteiger charge is -2.16. The van der Waals surface area contributed by atoms with Crippen LogP contribution in [0.25, 0.3) is 10.2 Å². The molecule has 8 heteroatoms. The Kier molecular flexibility index (Phi) is 7.80. The summed E-state index contributed by atoms with van der Waals surface area (Å²) in [5.41, 5.74) is 2.31. The Labute approximate surface area is 189 Å². The lowest BCUT2D eigenvalue weighted by molar-refractivity contribution is -0.139. The maximum atomic E-state index is 12.8. The van der Waals surface area contributed by atoms with E-state index in [0.717, 1.165) is 21.3 Å². The molecular weight excluding hydrogens is 522 g/mol. The first-order valence-electron chi connectivity index (χ1n) is 9.05. The van der Waals surface area contributed by atoms with Crippen molar-refractivity contribution in [3.05, 3.63) is 59.7 Å². The Hall–Kier alpha value is -1.77. The Morgan fingerprint density at radius 2 is 1.55 bits per heavy atom. The van der Waals surface area contributed by atoms with E-state index in [1.54, 1.807) is 12.1 Å². The summed E-state index contributed by atoms with van der Waals surface area (Å²) in [5.74, 6) is -2.27. The van der Waals surface area contributed by atoms with Crippen LogP contribution in [0.3, 0.4) is 0 Å². The summed E-state index contributed by atoms with van der Waals surface area (Å²) in [4.78, 5) is 28.7. The Morgan fingerprint density at radius 1 is 0.966 bits per heavy atom. The second kappa shape index (κ2) is 10.3. The van der Waals surface area contributed by atoms with Crippen molar-refractivity contribution in [1.29, 1.82) is 0 Å². The molecule has 1 N–H and O–H groups in total. The van der Waals surface area contributed by atoms with E-state index in [-0.39, 0.29) is 5.97 Å². The number of para-hydroxylation sites is 1. The van der Waals surface area contributed by atoms with Gasteiger partial charge in [-0.15, -0.1) is 0 Å². The number of esters is 1. The van der Waals surface area contributed by atoms with Crippen LogP contribution in [-0.4, -0.2) is 32.7 Å². The predicted octanol–water partition coefficient (Wildman–Crippen LogP) is 5.72. The Bertz CT molecular complexity index is 957. The molecule has 152 valence electrons. The molecule has 0 bridgehead atoms. The number of aliphatic carboxylic acids is 1. The average molecular weight is 541 g/mol. The zero-order valence-electron chi connectivity index (χ0n) is 15.4. The first-order valence-corrected chi connectivity index (χ1v) is 12.1. The molecule has 0 radical (unpaired) electrons. The van der Waals surface area contributed by atoms with Gasteiger partial charge in [0.25, 0.3) is 5.19 Å². The van der Waals surface area contributed by atoms with Gasteiger partial charge in [-0.1, -0.05) is 79.6 Å². The fourth-order valence-electron chi connectivity index (χ4n) is 3.08. The zero-order chi connectivity index (χ0) is 20.8. The van der Waals surface area contributed by atoms with Crippen LogP contribution in [-0.2, 0) is 9.59 Å². The molecule has 2 atom stereocenters. The number of hydrogen-bond acceptors (Lipinski definition) is 5. The van der Waals surface area contributed by atoms with Crippen molar-refractivity contribution in [2.24, 2.45) is 0 Å². The van der Waals surface area contributed by atoms with E-state index in [1.165, 1.54) is 11.3 Å². The van der Waals surface area contributed by atoms with E-state index >= 15 is 0 Å². The van der Waals surface area contributed by atoms with E-state index in [4.69, 9.17) is 4.74 Å². The summed E-state index contributed by atoms with van der Waals surface area (Å²) in [5, 5.41) is 11.0. The number of carbonyl (C=O) groups is 2. The number of nitrogens with zero attached hydrogens (tertiary/aromatic N) is 1. The number of carboxylic acid groups (broad SMARTS) is 1. The molecule has 3 rings (SSSR count). The molecule has 2 unspecified atom stereocenters. The van der Waals surface area contributed by atoms with Gasteiger partial charge in [-0.25, -0.2) is 4.98 Å². The number of ether oxygens (including phenoxy) is 1. The molecule has 1 heterocycles. The summed E-state index contributed by atoms with van der Waals surface area (Å²) >= 11 is 8.04. The van der Waals surface area contributed by atoms with Crippen molar-refractivity contribution < 1.29 is 19.4 Å². The van der Waals surface area contributed by atoms with Crippen LogP contribution < -0.4 is 4.74 Å². The van der Waals surface area contributed by atoms with Crippen LogP contribution in [0.15, 0.2) is 48.5 Å². The highest BCUT2D eigenvalue weighted by Gasteiger charge is 2.25. The van der Waals surface area contributed by atoms with Crippen molar-refractivity contribution in [3.8, 4) is 5.19 Å². The minimum Gasteiger partial charge on any atom is -0.481 e. The number of aromatic nitrogens is 1. The number of fused-ring (bicyclic) bond motifs is 1. The molecule has 1 aromatic heterocycles. The van der Waals surface area contributed by atoms with E-state index in [0.29, 0.717) is 28.7 Å². The third kappa shape index (κ3) is 5.43. The van der Waals surface area contributed by atoms with Crippen LogP contribution in [0.5, 0.6) is 5.19 Å². The third-order valence-electron chi connectivity index (χ3n) is 4.58. The van der Waals surface area contributed by atoms with Gasteiger partial charge >= 0.3 is 11.9 Å². The molecule has 0 spiro atoms. The van der Waals surface area contributed by atoms with Crippen LogP contribution in [0.2, 0.25) is 0 Å². The van der Waals surface area contributed by atoms with E-state index in [9.17, 15) is 14.7 Å². The van der Waals surface area contributed by atoms with Gasteiger partial charge in [-0.3, -0.25) is 9.59 Å². The lowest BCUT2D eigenvalue weighted by Crippen LogP contribution is -2.19. The maximum Gasteiger partial charge on any atom is 0.320 e. The van der Waals surface area contributed by atoms with Crippen molar-refractivity contribution in [1.82, 2.24) is 4.98 Å². The number of hydrogen-bond donors (Lipinski definition) is 1. The van der Waals surface area contributed by atoms with E-state index < -0.39 is 17.8 Å². The number of benzene rings is 2. The highest BCUT2D eigenvalue weighted by atomic mass is 79.9. The van der Waals surface area contributed by atoms with Crippen LogP contribution in [0.1, 0.15) is 35.8 Å². The molecule has 5 nitrogen and oxygen atoms in total. The third-order valence-corrected chi connectivity index (χ3v) is 6.41. The number of rotatable bonds is 9. The largest absolute Gasteiger partial charge is 0.481 e. The van der Waals surface area contributed by atoms with Crippen LogP contribution >= 0.6 is 43.2 Å². The fraction of sp³-hybridized carbons (Fsp3) is 0.286. The van der Waals surface area contributed by atoms with Gasteiger partial charge in [0.2, 0.25) is 0 Å². The van der Waals surface area contributed by atoms with E-state index in [1.807, 2.05) is 36.4 Å². The molecule has 3 aromatic rings. The minimum atomic E-state index is -0.857. The molecular formula is C21H19Br2NO4S. The van der Waals surface area contributed by atoms with E-state index in [2.05, 4.69) is 36.8 Å². The monoisotopic (exact) mass is 539 g/mol. The van der Waals surface area contributed by atoms with Crippen molar-refractivity contribution in [3.63, 3.8) is 0 Å². The summed E-state index contributed by atoms with van der Waals surface area (Å²) < 4.78 is 6.53. The standard InChI is InChI=1S/C21H19Br2NO4S/c22-11-9-15(19(25)26)13-5-7-14(8-6-13)16(10-12-23)20(27)28-21-24-17-3-1-2-4-18(17)29-21/h1-8,15-16H,9-12H2,(H,25,26). The van der Waals surface area contributed by atoms with Crippen LogP contribution in [0, 0.1) is 0 Å². The van der Waals surface area contributed by atoms with Crippen molar-refractivity contribution in [2.45, 2.75) is 24.7 Å². The molecule has 0 saturated heterocycles. The molecule has 29 heavy (non-hydrogen) atoms. The van der Waals surface area contributed by atoms with Crippen molar-refractivity contribution in [2.75, 3.05) is 10.7 Å². The van der Waals surface area contributed by atoms with Gasteiger partial charge in [-0.05, 0) is 36.1 Å². The van der Waals surface area contributed by atoms with Gasteiger partial charge in [0, 0.05) is 10.7 Å². The number of alkyl halides is 2. The quantitative estimate of drug-likeness (QED) is 0.277. The number of thiazole rings is 1. The molecule has 0 fully saturated rings. The van der Waals surface area contributed by atoms with Gasteiger partial charge < -0.3 is 9.84 Å². The maximum absolute atomic E-state index is 12.8. The summed E-state index contributed by atoms with van der Waals surface area (Å²) in [7, 11) is 0. The fourth-order valence-corrected chi connectivity index (χ4v) is 4.82. The van der Waals surface area contributed by atoms with Gasteiger partial charge in [-0.2, -0.15) is 0 Å². The molecule has 0 aliphatic rings. The highest BCUT2D eigenvalue weighted by Crippen LogP contribution is 2.31. The SMILES string of the molecule is O=C(O)C(CCBr)c1ccc(C(CCBr)C(=O)Oc2nc3ccccc3s2)cc1. The zero-order valence-corrected chi connectivity index (χ0v) is 19.4. The lowest BCUT2D eigenvalue weighted by atomic mass is 9.91. The first-order chi connectivity index (χ1) is 14.0. The van der Waals surface area contributed by atoms with Gasteiger partial charge in [0.15, 0.2) is 0 Å².